The van der Waals surface area contributed by atoms with Crippen molar-refractivity contribution in [3.63, 3.8) is 0 Å². The van der Waals surface area contributed by atoms with Gasteiger partial charge in [0.05, 0.1) is 6.61 Å². The molecule has 0 heterocycles. The largest absolute Gasteiger partial charge is 0.463 e. The minimum absolute atomic E-state index is 0.261. The molecule has 0 rings (SSSR count). The quantitative estimate of drug-likeness (QED) is 0.411. The van der Waals surface area contributed by atoms with Gasteiger partial charge in [0.2, 0.25) is 0 Å². The Morgan fingerprint density at radius 3 is 2.77 bits per heavy atom. The van der Waals surface area contributed by atoms with Crippen LogP contribution in [0.4, 0.5) is 0 Å². The average Bonchev–Trinajstić information content (AvgIpc) is 2.12. The molecule has 0 fully saturated rings. The normalized spacial score (nSPS) is 13.2. The van der Waals surface area contributed by atoms with Crippen LogP contribution in [-0.2, 0) is 9.53 Å². The number of unbranched alkanes of at least 4 members (excludes halogenated alkanes) is 1. The lowest BCUT2D eigenvalue weighted by molar-refractivity contribution is -0.137. The molecule has 0 aliphatic rings. The number of allylic oxidation sites excluding steroid dienone is 1. The van der Waals surface area contributed by atoms with Crippen LogP contribution in [0.15, 0.2) is 12.2 Å². The fourth-order valence-corrected chi connectivity index (χ4v) is 1.35. The summed E-state index contributed by atoms with van der Waals surface area (Å²) in [4.78, 5) is 11.2. The van der Waals surface area contributed by atoms with E-state index in [1.807, 2.05) is 6.08 Å². The molecule has 0 bridgehead atoms. The Balaban J connectivity index is 3.62. The van der Waals surface area contributed by atoms with Gasteiger partial charge in [-0.05, 0) is 13.3 Å². The second-order valence-electron chi connectivity index (χ2n) is 2.77. The van der Waals surface area contributed by atoms with Crippen LogP contribution in [0.5, 0.6) is 0 Å². The van der Waals surface area contributed by atoms with Crippen molar-refractivity contribution in [1.82, 2.24) is 0 Å². The van der Waals surface area contributed by atoms with Crippen LogP contribution in [0.1, 0.15) is 33.1 Å². The standard InChI is InChI=1S/C10H17BrO2/c1-3-5-6-9(11)7-8-10(12)13-4-2/h7-9H,3-6H2,1-2H3/b8-7+. The van der Waals surface area contributed by atoms with Crippen molar-refractivity contribution in [3.05, 3.63) is 12.2 Å². The lowest BCUT2D eigenvalue weighted by atomic mass is 10.2. The van der Waals surface area contributed by atoms with Crippen molar-refractivity contribution in [2.45, 2.75) is 37.9 Å². The van der Waals surface area contributed by atoms with Crippen molar-refractivity contribution in [2.75, 3.05) is 6.61 Å². The van der Waals surface area contributed by atoms with E-state index < -0.39 is 0 Å². The fourth-order valence-electron chi connectivity index (χ4n) is 0.869. The molecule has 1 atom stereocenters. The zero-order valence-electron chi connectivity index (χ0n) is 8.25. The van der Waals surface area contributed by atoms with E-state index >= 15 is 0 Å². The Morgan fingerprint density at radius 1 is 1.54 bits per heavy atom. The molecule has 0 N–H and O–H groups in total. The topological polar surface area (TPSA) is 26.3 Å². The number of rotatable bonds is 6. The Bertz CT molecular complexity index is 166. The van der Waals surface area contributed by atoms with Crippen molar-refractivity contribution in [3.8, 4) is 0 Å². The number of carbonyl (C=O) groups is 1. The van der Waals surface area contributed by atoms with Crippen molar-refractivity contribution >= 4 is 21.9 Å². The van der Waals surface area contributed by atoms with Gasteiger partial charge < -0.3 is 4.74 Å². The second kappa shape index (κ2) is 8.30. The minimum atomic E-state index is -0.261. The molecule has 0 aliphatic carbocycles. The highest BCUT2D eigenvalue weighted by atomic mass is 79.9. The van der Waals surface area contributed by atoms with Crippen molar-refractivity contribution in [2.24, 2.45) is 0 Å². The molecule has 0 aromatic heterocycles. The molecular formula is C10H17BrO2. The van der Waals surface area contributed by atoms with Crippen LogP contribution in [0, 0.1) is 0 Å². The minimum Gasteiger partial charge on any atom is -0.463 e. The predicted octanol–water partition coefficient (Wildman–Crippen LogP) is 3.06. The van der Waals surface area contributed by atoms with Gasteiger partial charge >= 0.3 is 5.97 Å². The third-order valence-corrected chi connectivity index (χ3v) is 2.32. The summed E-state index contributed by atoms with van der Waals surface area (Å²) in [6, 6.07) is 0. The summed E-state index contributed by atoms with van der Waals surface area (Å²) in [5.41, 5.74) is 0. The van der Waals surface area contributed by atoms with E-state index in [1.165, 1.54) is 18.9 Å². The summed E-state index contributed by atoms with van der Waals surface area (Å²) < 4.78 is 4.75. The molecule has 2 nitrogen and oxygen atoms in total. The number of halogens is 1. The van der Waals surface area contributed by atoms with E-state index in [-0.39, 0.29) is 10.8 Å². The van der Waals surface area contributed by atoms with Gasteiger partial charge in [0, 0.05) is 10.9 Å². The van der Waals surface area contributed by atoms with Gasteiger partial charge in [-0.2, -0.15) is 0 Å². The molecule has 0 saturated carbocycles. The molecule has 0 aromatic rings. The Morgan fingerprint density at radius 2 is 2.23 bits per heavy atom. The van der Waals surface area contributed by atoms with Gasteiger partial charge in [0.25, 0.3) is 0 Å². The van der Waals surface area contributed by atoms with Crippen molar-refractivity contribution < 1.29 is 9.53 Å². The van der Waals surface area contributed by atoms with E-state index in [0.29, 0.717) is 6.61 Å². The third-order valence-electron chi connectivity index (χ3n) is 1.56. The molecule has 0 aliphatic heterocycles. The molecule has 3 heteroatoms. The Hall–Kier alpha value is -0.310. The van der Waals surface area contributed by atoms with E-state index in [2.05, 4.69) is 22.9 Å². The number of hydrogen-bond acceptors (Lipinski definition) is 2. The maximum absolute atomic E-state index is 10.9. The van der Waals surface area contributed by atoms with Crippen LogP contribution in [0.25, 0.3) is 0 Å². The Labute approximate surface area is 88.5 Å². The van der Waals surface area contributed by atoms with Crippen LogP contribution >= 0.6 is 15.9 Å². The molecule has 13 heavy (non-hydrogen) atoms. The summed E-state index contributed by atoms with van der Waals surface area (Å²) in [6.07, 6.45) is 6.73. The van der Waals surface area contributed by atoms with Crippen LogP contribution in [0.3, 0.4) is 0 Å². The summed E-state index contributed by atoms with van der Waals surface area (Å²) >= 11 is 3.46. The van der Waals surface area contributed by atoms with E-state index in [9.17, 15) is 4.79 Å². The van der Waals surface area contributed by atoms with Gasteiger partial charge in [-0.3, -0.25) is 0 Å². The third kappa shape index (κ3) is 8.03. The number of alkyl halides is 1. The predicted molar refractivity (Wildman–Crippen MR) is 58.0 cm³/mol. The first-order chi connectivity index (χ1) is 6.20. The SMILES string of the molecule is CCCCC(Br)/C=C/C(=O)OCC. The smallest absolute Gasteiger partial charge is 0.330 e. The zero-order valence-corrected chi connectivity index (χ0v) is 9.84. The maximum atomic E-state index is 10.9. The monoisotopic (exact) mass is 248 g/mol. The average molecular weight is 249 g/mol. The van der Waals surface area contributed by atoms with Crippen LogP contribution in [-0.4, -0.2) is 17.4 Å². The molecule has 0 aromatic carbocycles. The summed E-state index contributed by atoms with van der Waals surface area (Å²) in [7, 11) is 0. The number of ether oxygens (including phenoxy) is 1. The van der Waals surface area contributed by atoms with Crippen LogP contribution in [0.2, 0.25) is 0 Å². The molecule has 1 unspecified atom stereocenters. The van der Waals surface area contributed by atoms with Gasteiger partial charge in [-0.1, -0.05) is 41.8 Å². The second-order valence-corrected chi connectivity index (χ2v) is 3.95. The maximum Gasteiger partial charge on any atom is 0.330 e. The first-order valence-electron chi connectivity index (χ1n) is 4.69. The highest BCUT2D eigenvalue weighted by Crippen LogP contribution is 2.10. The molecule has 0 saturated heterocycles. The number of carbonyl (C=O) groups excluding carboxylic acids is 1. The number of hydrogen-bond donors (Lipinski definition) is 0. The van der Waals surface area contributed by atoms with E-state index in [1.54, 1.807) is 6.92 Å². The zero-order chi connectivity index (χ0) is 10.1. The Kier molecular flexibility index (Phi) is 8.10. The highest BCUT2D eigenvalue weighted by molar-refractivity contribution is 9.09. The summed E-state index contributed by atoms with van der Waals surface area (Å²) in [5, 5.41) is 0. The first-order valence-corrected chi connectivity index (χ1v) is 5.61. The van der Waals surface area contributed by atoms with Gasteiger partial charge in [-0.25, -0.2) is 4.79 Å². The lowest BCUT2D eigenvalue weighted by Gasteiger charge is -2.01. The van der Waals surface area contributed by atoms with E-state index in [0.717, 1.165) is 6.42 Å². The number of esters is 1. The molecule has 0 radical (unpaired) electrons. The highest BCUT2D eigenvalue weighted by Gasteiger charge is 1.99. The molecule has 76 valence electrons. The van der Waals surface area contributed by atoms with E-state index in [4.69, 9.17) is 4.74 Å². The fraction of sp³-hybridized carbons (Fsp3) is 0.700. The summed E-state index contributed by atoms with van der Waals surface area (Å²) in [5.74, 6) is -0.261. The summed E-state index contributed by atoms with van der Waals surface area (Å²) in [6.45, 7) is 4.38. The molecule has 0 amide bonds. The van der Waals surface area contributed by atoms with Crippen LogP contribution < -0.4 is 0 Å². The van der Waals surface area contributed by atoms with Gasteiger partial charge in [0.1, 0.15) is 0 Å². The molecule has 0 spiro atoms. The lowest BCUT2D eigenvalue weighted by Crippen LogP contribution is -2.01. The first kappa shape index (κ1) is 12.7. The molecular weight excluding hydrogens is 232 g/mol. The van der Waals surface area contributed by atoms with Gasteiger partial charge in [0.15, 0.2) is 0 Å². The van der Waals surface area contributed by atoms with Gasteiger partial charge in [-0.15, -0.1) is 0 Å². The van der Waals surface area contributed by atoms with Crippen molar-refractivity contribution in [1.29, 1.82) is 0 Å².